The summed E-state index contributed by atoms with van der Waals surface area (Å²) in [6.07, 6.45) is 5.47. The van der Waals surface area contributed by atoms with Gasteiger partial charge in [-0.1, -0.05) is 19.8 Å². The smallest absolute Gasteiger partial charge is 0.144 e. The molecule has 1 heterocycles. The van der Waals surface area contributed by atoms with Gasteiger partial charge in [-0.3, -0.25) is 4.90 Å². The van der Waals surface area contributed by atoms with Crippen molar-refractivity contribution < 1.29 is 0 Å². The number of nitrogens with two attached hydrogens (primary N) is 1. The zero-order valence-electron chi connectivity index (χ0n) is 9.61. The molecule has 0 saturated carbocycles. The second-order valence-electron chi connectivity index (χ2n) is 3.84. The van der Waals surface area contributed by atoms with Gasteiger partial charge in [0.2, 0.25) is 0 Å². The Hall–Kier alpha value is -1.16. The zero-order chi connectivity index (χ0) is 11.1. The first-order valence-electron chi connectivity index (χ1n) is 5.48. The van der Waals surface area contributed by atoms with Crippen LogP contribution in [-0.2, 0) is 6.54 Å². The maximum absolute atomic E-state index is 5.59. The molecule has 1 aromatic rings. The van der Waals surface area contributed by atoms with E-state index in [2.05, 4.69) is 28.8 Å². The molecule has 0 atom stereocenters. The van der Waals surface area contributed by atoms with E-state index < -0.39 is 0 Å². The lowest BCUT2D eigenvalue weighted by Gasteiger charge is -2.15. The highest BCUT2D eigenvalue weighted by molar-refractivity contribution is 5.24. The predicted molar refractivity (Wildman–Crippen MR) is 62.3 cm³/mol. The lowest BCUT2D eigenvalue weighted by molar-refractivity contribution is 0.310. The lowest BCUT2D eigenvalue weighted by Crippen LogP contribution is -2.20. The average molecular weight is 208 g/mol. The van der Waals surface area contributed by atoms with Crippen molar-refractivity contribution in [3.8, 4) is 0 Å². The molecule has 0 spiro atoms. The Morgan fingerprint density at radius 3 is 2.87 bits per heavy atom. The van der Waals surface area contributed by atoms with E-state index in [-0.39, 0.29) is 0 Å². The van der Waals surface area contributed by atoms with Crippen LogP contribution >= 0.6 is 0 Å². The maximum atomic E-state index is 5.59. The summed E-state index contributed by atoms with van der Waals surface area (Å²) >= 11 is 0. The molecule has 0 fully saturated rings. The molecule has 4 heteroatoms. The molecule has 1 rings (SSSR count). The molecule has 2 N–H and O–H groups in total. The molecule has 0 aliphatic rings. The topological polar surface area (TPSA) is 55.0 Å². The van der Waals surface area contributed by atoms with Crippen LogP contribution in [0.2, 0.25) is 0 Å². The molecule has 0 aliphatic heterocycles. The third-order valence-electron chi connectivity index (χ3n) is 2.28. The monoisotopic (exact) mass is 208 g/mol. The second-order valence-corrected chi connectivity index (χ2v) is 3.84. The second kappa shape index (κ2) is 6.35. The minimum Gasteiger partial charge on any atom is -0.384 e. The number of unbranched alkanes of at least 4 members (excludes halogenated alkanes) is 2. The number of nitrogen functional groups attached to an aromatic ring is 1. The van der Waals surface area contributed by atoms with Crippen LogP contribution in [0.5, 0.6) is 0 Å². The quantitative estimate of drug-likeness (QED) is 0.723. The van der Waals surface area contributed by atoms with E-state index in [1.807, 2.05) is 0 Å². The van der Waals surface area contributed by atoms with Crippen LogP contribution < -0.4 is 5.73 Å². The average Bonchev–Trinajstić information content (AvgIpc) is 2.18. The highest BCUT2D eigenvalue weighted by Crippen LogP contribution is 2.02. The van der Waals surface area contributed by atoms with Crippen molar-refractivity contribution in [1.82, 2.24) is 14.9 Å². The number of nitrogens with zero attached hydrogens (tertiary/aromatic N) is 3. The SMILES string of the molecule is CCCCCN(C)Cc1nccc(N)n1. The summed E-state index contributed by atoms with van der Waals surface area (Å²) in [6.45, 7) is 4.07. The first-order chi connectivity index (χ1) is 7.22. The number of anilines is 1. The highest BCUT2D eigenvalue weighted by Gasteiger charge is 2.02. The zero-order valence-corrected chi connectivity index (χ0v) is 9.61. The van der Waals surface area contributed by atoms with Crippen LogP contribution in [-0.4, -0.2) is 28.5 Å². The molecule has 15 heavy (non-hydrogen) atoms. The van der Waals surface area contributed by atoms with Gasteiger partial charge >= 0.3 is 0 Å². The Labute approximate surface area is 91.5 Å². The van der Waals surface area contributed by atoms with Gasteiger partial charge in [-0.2, -0.15) is 0 Å². The van der Waals surface area contributed by atoms with Crippen molar-refractivity contribution in [3.05, 3.63) is 18.1 Å². The summed E-state index contributed by atoms with van der Waals surface area (Å²) in [6, 6.07) is 1.71. The van der Waals surface area contributed by atoms with E-state index in [1.54, 1.807) is 12.3 Å². The molecule has 4 nitrogen and oxygen atoms in total. The largest absolute Gasteiger partial charge is 0.384 e. The Kier molecular flexibility index (Phi) is 5.04. The van der Waals surface area contributed by atoms with Gasteiger partial charge in [0.1, 0.15) is 11.6 Å². The molecule has 0 bridgehead atoms. The Balaban J connectivity index is 2.34. The van der Waals surface area contributed by atoms with Crippen molar-refractivity contribution in [1.29, 1.82) is 0 Å². The Morgan fingerprint density at radius 1 is 1.40 bits per heavy atom. The van der Waals surface area contributed by atoms with Crippen molar-refractivity contribution in [2.75, 3.05) is 19.3 Å². The standard InChI is InChI=1S/C11H20N4/c1-3-4-5-8-15(2)9-11-13-7-6-10(12)14-11/h6-7H,3-5,8-9H2,1-2H3,(H2,12,13,14). The van der Waals surface area contributed by atoms with Gasteiger partial charge in [0.05, 0.1) is 6.54 Å². The summed E-state index contributed by atoms with van der Waals surface area (Å²) in [7, 11) is 2.09. The van der Waals surface area contributed by atoms with Crippen LogP contribution in [0.1, 0.15) is 32.0 Å². The number of aromatic nitrogens is 2. The van der Waals surface area contributed by atoms with Gasteiger partial charge < -0.3 is 5.73 Å². The maximum Gasteiger partial charge on any atom is 0.144 e. The van der Waals surface area contributed by atoms with E-state index in [0.717, 1.165) is 18.9 Å². The Bertz CT molecular complexity index is 288. The van der Waals surface area contributed by atoms with E-state index >= 15 is 0 Å². The van der Waals surface area contributed by atoms with Gasteiger partial charge in [0.15, 0.2) is 0 Å². The minimum absolute atomic E-state index is 0.543. The number of hydrogen-bond donors (Lipinski definition) is 1. The summed E-state index contributed by atoms with van der Waals surface area (Å²) in [5.74, 6) is 1.34. The molecular weight excluding hydrogens is 188 g/mol. The van der Waals surface area contributed by atoms with E-state index in [1.165, 1.54) is 19.3 Å². The van der Waals surface area contributed by atoms with Gasteiger partial charge in [-0.05, 0) is 26.1 Å². The Morgan fingerprint density at radius 2 is 2.20 bits per heavy atom. The van der Waals surface area contributed by atoms with Crippen molar-refractivity contribution >= 4 is 5.82 Å². The third kappa shape index (κ3) is 4.74. The van der Waals surface area contributed by atoms with E-state index in [0.29, 0.717) is 5.82 Å². The molecule has 1 aromatic heterocycles. The summed E-state index contributed by atoms with van der Waals surface area (Å²) in [5.41, 5.74) is 5.59. The molecule has 84 valence electrons. The van der Waals surface area contributed by atoms with E-state index in [4.69, 9.17) is 5.73 Å². The van der Waals surface area contributed by atoms with Crippen LogP contribution in [0.3, 0.4) is 0 Å². The van der Waals surface area contributed by atoms with E-state index in [9.17, 15) is 0 Å². The number of hydrogen-bond acceptors (Lipinski definition) is 4. The molecule has 0 aromatic carbocycles. The third-order valence-corrected chi connectivity index (χ3v) is 2.28. The first-order valence-corrected chi connectivity index (χ1v) is 5.48. The summed E-state index contributed by atoms with van der Waals surface area (Å²) in [4.78, 5) is 10.6. The van der Waals surface area contributed by atoms with Crippen molar-refractivity contribution in [2.45, 2.75) is 32.7 Å². The normalized spacial score (nSPS) is 10.9. The van der Waals surface area contributed by atoms with Crippen molar-refractivity contribution in [3.63, 3.8) is 0 Å². The van der Waals surface area contributed by atoms with Gasteiger partial charge in [0, 0.05) is 6.20 Å². The van der Waals surface area contributed by atoms with Crippen LogP contribution in [0.25, 0.3) is 0 Å². The number of rotatable bonds is 6. The molecule has 0 unspecified atom stereocenters. The fourth-order valence-corrected chi connectivity index (χ4v) is 1.44. The summed E-state index contributed by atoms with van der Waals surface area (Å²) < 4.78 is 0. The molecule has 0 radical (unpaired) electrons. The predicted octanol–water partition coefficient (Wildman–Crippen LogP) is 1.68. The van der Waals surface area contributed by atoms with Crippen LogP contribution in [0.4, 0.5) is 5.82 Å². The molecule has 0 aliphatic carbocycles. The van der Waals surface area contributed by atoms with Crippen LogP contribution in [0, 0.1) is 0 Å². The summed E-state index contributed by atoms with van der Waals surface area (Å²) in [5, 5.41) is 0. The minimum atomic E-state index is 0.543. The van der Waals surface area contributed by atoms with Gasteiger partial charge in [-0.25, -0.2) is 9.97 Å². The molecule has 0 amide bonds. The highest BCUT2D eigenvalue weighted by atomic mass is 15.1. The first kappa shape index (κ1) is 11.9. The van der Waals surface area contributed by atoms with Crippen LogP contribution in [0.15, 0.2) is 12.3 Å². The van der Waals surface area contributed by atoms with Crippen molar-refractivity contribution in [2.24, 2.45) is 0 Å². The molecular formula is C11H20N4. The lowest BCUT2D eigenvalue weighted by atomic mass is 10.2. The fraction of sp³-hybridized carbons (Fsp3) is 0.636. The van der Waals surface area contributed by atoms with Gasteiger partial charge in [0.25, 0.3) is 0 Å². The van der Waals surface area contributed by atoms with Gasteiger partial charge in [-0.15, -0.1) is 0 Å². The molecule has 0 saturated heterocycles. The fourth-order valence-electron chi connectivity index (χ4n) is 1.44.